The Morgan fingerprint density at radius 3 is 2.47 bits per heavy atom. The second-order valence-corrected chi connectivity index (χ2v) is 3.71. The SMILES string of the molecule is C=C(/C=C\C=C/C)c1ccc(C)c(C)c1. The minimum Gasteiger partial charge on any atom is -0.0912 e. The smallest absolute Gasteiger partial charge is 0.0187 e. The first-order valence-corrected chi connectivity index (χ1v) is 5.21. The molecule has 1 rings (SSSR count). The van der Waals surface area contributed by atoms with E-state index < -0.39 is 0 Å². The summed E-state index contributed by atoms with van der Waals surface area (Å²) in [6.45, 7) is 10.3. The predicted octanol–water partition coefficient (Wildman–Crippen LogP) is 4.45. The first kappa shape index (κ1) is 11.5. The van der Waals surface area contributed by atoms with Gasteiger partial charge in [0, 0.05) is 0 Å². The third-order valence-corrected chi connectivity index (χ3v) is 2.48. The van der Waals surface area contributed by atoms with E-state index in [2.05, 4.69) is 38.6 Å². The summed E-state index contributed by atoms with van der Waals surface area (Å²) in [5, 5.41) is 0. The largest absolute Gasteiger partial charge is 0.0912 e. The summed E-state index contributed by atoms with van der Waals surface area (Å²) in [6, 6.07) is 6.43. The normalized spacial score (nSPS) is 11.4. The highest BCUT2D eigenvalue weighted by molar-refractivity contribution is 5.72. The Balaban J connectivity index is 2.87. The molecule has 0 fully saturated rings. The minimum absolute atomic E-state index is 1.05. The van der Waals surface area contributed by atoms with Crippen molar-refractivity contribution in [3.8, 4) is 0 Å². The molecule has 1 aromatic carbocycles. The number of hydrogen-bond acceptors (Lipinski definition) is 0. The van der Waals surface area contributed by atoms with Crippen LogP contribution in [0.1, 0.15) is 23.6 Å². The summed E-state index contributed by atoms with van der Waals surface area (Å²) in [4.78, 5) is 0. The molecule has 0 unspecified atom stereocenters. The van der Waals surface area contributed by atoms with Crippen LogP contribution >= 0.6 is 0 Å². The van der Waals surface area contributed by atoms with Crippen LogP contribution in [0.25, 0.3) is 5.57 Å². The Kier molecular flexibility index (Phi) is 4.11. The van der Waals surface area contributed by atoms with Gasteiger partial charge in [-0.05, 0) is 43.0 Å². The zero-order valence-corrected chi connectivity index (χ0v) is 9.75. The molecule has 0 nitrogen and oxygen atoms in total. The lowest BCUT2D eigenvalue weighted by molar-refractivity contribution is 1.33. The summed E-state index contributed by atoms with van der Waals surface area (Å²) < 4.78 is 0. The summed E-state index contributed by atoms with van der Waals surface area (Å²) in [7, 11) is 0. The monoisotopic (exact) mass is 198 g/mol. The van der Waals surface area contributed by atoms with Crippen molar-refractivity contribution in [2.75, 3.05) is 0 Å². The maximum Gasteiger partial charge on any atom is -0.0187 e. The molecule has 0 heterocycles. The Labute approximate surface area is 92.6 Å². The Bertz CT molecular complexity index is 406. The van der Waals surface area contributed by atoms with E-state index in [4.69, 9.17) is 0 Å². The van der Waals surface area contributed by atoms with Gasteiger partial charge in [-0.15, -0.1) is 0 Å². The third kappa shape index (κ3) is 3.25. The number of allylic oxidation sites excluding steroid dienone is 5. The van der Waals surface area contributed by atoms with Crippen LogP contribution in [0.4, 0.5) is 0 Å². The van der Waals surface area contributed by atoms with Crippen molar-refractivity contribution in [3.05, 3.63) is 65.8 Å². The standard InChI is InChI=1S/C15H18/c1-5-6-7-8-13(3)15-10-9-12(2)14(4)11-15/h5-11H,3H2,1-2,4H3/b6-5-,8-7-. The molecule has 0 N–H and O–H groups in total. The van der Waals surface area contributed by atoms with Crippen molar-refractivity contribution in [2.45, 2.75) is 20.8 Å². The van der Waals surface area contributed by atoms with Gasteiger partial charge in [-0.1, -0.05) is 49.1 Å². The first-order chi connectivity index (χ1) is 7.15. The van der Waals surface area contributed by atoms with Crippen LogP contribution in [0.15, 0.2) is 49.1 Å². The molecule has 1 aromatic rings. The second-order valence-electron chi connectivity index (χ2n) is 3.71. The molecular weight excluding hydrogens is 180 g/mol. The zero-order chi connectivity index (χ0) is 11.3. The summed E-state index contributed by atoms with van der Waals surface area (Å²) in [6.07, 6.45) is 8.05. The van der Waals surface area contributed by atoms with E-state index in [1.807, 2.05) is 31.2 Å². The molecule has 78 valence electrons. The van der Waals surface area contributed by atoms with E-state index in [0.717, 1.165) is 5.57 Å². The first-order valence-electron chi connectivity index (χ1n) is 5.21. The molecule has 0 heteroatoms. The van der Waals surface area contributed by atoms with Crippen LogP contribution < -0.4 is 0 Å². The average molecular weight is 198 g/mol. The molecule has 0 aliphatic rings. The van der Waals surface area contributed by atoms with Gasteiger partial charge in [-0.25, -0.2) is 0 Å². The van der Waals surface area contributed by atoms with E-state index in [1.165, 1.54) is 16.7 Å². The average Bonchev–Trinajstić information content (AvgIpc) is 2.22. The molecule has 0 bridgehead atoms. The highest BCUT2D eigenvalue weighted by atomic mass is 14.0. The molecule has 0 aliphatic heterocycles. The highest BCUT2D eigenvalue weighted by Gasteiger charge is 1.97. The molecule has 15 heavy (non-hydrogen) atoms. The van der Waals surface area contributed by atoms with Crippen molar-refractivity contribution < 1.29 is 0 Å². The van der Waals surface area contributed by atoms with Crippen LogP contribution in [-0.2, 0) is 0 Å². The van der Waals surface area contributed by atoms with Crippen LogP contribution in [0.2, 0.25) is 0 Å². The fraction of sp³-hybridized carbons (Fsp3) is 0.200. The Hall–Kier alpha value is -1.56. The van der Waals surface area contributed by atoms with Crippen LogP contribution in [0.3, 0.4) is 0 Å². The molecule has 0 radical (unpaired) electrons. The number of benzene rings is 1. The zero-order valence-electron chi connectivity index (χ0n) is 9.75. The minimum atomic E-state index is 1.05. The lowest BCUT2D eigenvalue weighted by atomic mass is 10.0. The van der Waals surface area contributed by atoms with Gasteiger partial charge in [-0.2, -0.15) is 0 Å². The Morgan fingerprint density at radius 2 is 1.87 bits per heavy atom. The van der Waals surface area contributed by atoms with Gasteiger partial charge in [0.1, 0.15) is 0 Å². The van der Waals surface area contributed by atoms with Crippen molar-refractivity contribution >= 4 is 5.57 Å². The lowest BCUT2D eigenvalue weighted by Crippen LogP contribution is -1.84. The van der Waals surface area contributed by atoms with Gasteiger partial charge < -0.3 is 0 Å². The topological polar surface area (TPSA) is 0 Å². The van der Waals surface area contributed by atoms with Crippen LogP contribution in [0, 0.1) is 13.8 Å². The van der Waals surface area contributed by atoms with Crippen molar-refractivity contribution in [3.63, 3.8) is 0 Å². The molecule has 0 atom stereocenters. The van der Waals surface area contributed by atoms with E-state index in [0.29, 0.717) is 0 Å². The van der Waals surface area contributed by atoms with Gasteiger partial charge in [-0.3, -0.25) is 0 Å². The van der Waals surface area contributed by atoms with Crippen molar-refractivity contribution in [1.82, 2.24) is 0 Å². The van der Waals surface area contributed by atoms with Crippen molar-refractivity contribution in [2.24, 2.45) is 0 Å². The second kappa shape index (κ2) is 5.35. The van der Waals surface area contributed by atoms with Gasteiger partial charge >= 0.3 is 0 Å². The number of aryl methyl sites for hydroxylation is 2. The number of rotatable bonds is 3. The van der Waals surface area contributed by atoms with Crippen molar-refractivity contribution in [1.29, 1.82) is 0 Å². The van der Waals surface area contributed by atoms with E-state index in [1.54, 1.807) is 0 Å². The van der Waals surface area contributed by atoms with Gasteiger partial charge in [0.05, 0.1) is 0 Å². The van der Waals surface area contributed by atoms with Crippen LogP contribution in [0.5, 0.6) is 0 Å². The maximum atomic E-state index is 4.05. The summed E-state index contributed by atoms with van der Waals surface area (Å²) >= 11 is 0. The summed E-state index contributed by atoms with van der Waals surface area (Å²) in [5.74, 6) is 0. The lowest BCUT2D eigenvalue weighted by Gasteiger charge is -2.04. The molecule has 0 saturated heterocycles. The molecule has 0 spiro atoms. The molecule has 0 saturated carbocycles. The maximum absolute atomic E-state index is 4.05. The van der Waals surface area contributed by atoms with Crippen LogP contribution in [-0.4, -0.2) is 0 Å². The fourth-order valence-electron chi connectivity index (χ4n) is 1.32. The fourth-order valence-corrected chi connectivity index (χ4v) is 1.32. The molecule has 0 aromatic heterocycles. The third-order valence-electron chi connectivity index (χ3n) is 2.48. The number of hydrogen-bond donors (Lipinski definition) is 0. The highest BCUT2D eigenvalue weighted by Crippen LogP contribution is 2.17. The summed E-state index contributed by atoms with van der Waals surface area (Å²) in [5.41, 5.74) is 4.88. The molecule has 0 aliphatic carbocycles. The van der Waals surface area contributed by atoms with E-state index in [-0.39, 0.29) is 0 Å². The quantitative estimate of drug-likeness (QED) is 0.629. The molecule has 0 amide bonds. The Morgan fingerprint density at radius 1 is 1.13 bits per heavy atom. The predicted molar refractivity (Wildman–Crippen MR) is 68.9 cm³/mol. The van der Waals surface area contributed by atoms with Gasteiger partial charge in [0.25, 0.3) is 0 Å². The molecular formula is C15H18. The van der Waals surface area contributed by atoms with Gasteiger partial charge in [0.2, 0.25) is 0 Å². The van der Waals surface area contributed by atoms with E-state index >= 15 is 0 Å². The van der Waals surface area contributed by atoms with E-state index in [9.17, 15) is 0 Å². The van der Waals surface area contributed by atoms with Gasteiger partial charge in [0.15, 0.2) is 0 Å².